The topological polar surface area (TPSA) is 117 Å². The number of tetrazole rings is 1. The van der Waals surface area contributed by atoms with E-state index in [1.807, 2.05) is 41.2 Å². The van der Waals surface area contributed by atoms with Gasteiger partial charge in [-0.05, 0) is 34.9 Å². The van der Waals surface area contributed by atoms with E-state index in [0.29, 0.717) is 24.5 Å². The molecule has 1 N–H and O–H groups in total. The molecule has 0 aliphatic carbocycles. The summed E-state index contributed by atoms with van der Waals surface area (Å²) < 4.78 is 13.6. The zero-order chi connectivity index (χ0) is 25.4. The van der Waals surface area contributed by atoms with Gasteiger partial charge in [0, 0.05) is 56.6 Å². The van der Waals surface area contributed by atoms with Crippen LogP contribution in [0.1, 0.15) is 63.3 Å². The third-order valence-corrected chi connectivity index (χ3v) is 6.33. The first-order chi connectivity index (χ1) is 17.6. The Balaban J connectivity index is 1.61. The van der Waals surface area contributed by atoms with Crippen LogP contribution in [0.3, 0.4) is 0 Å². The second-order valence-corrected chi connectivity index (χ2v) is 8.70. The van der Waals surface area contributed by atoms with Crippen LogP contribution in [0.2, 0.25) is 0 Å². The average molecular weight is 491 g/mol. The van der Waals surface area contributed by atoms with Crippen molar-refractivity contribution in [2.45, 2.75) is 64.7 Å². The van der Waals surface area contributed by atoms with E-state index >= 15 is 0 Å². The Morgan fingerprint density at radius 1 is 0.972 bits per heavy atom. The number of nitrogens with zero attached hydrogens (tertiary/aromatic N) is 7. The Kier molecular flexibility index (Phi) is 8.50. The molecule has 0 bridgehead atoms. The molecule has 0 fully saturated rings. The third kappa shape index (κ3) is 5.50. The zero-order valence-corrected chi connectivity index (χ0v) is 21.4. The number of unbranched alkanes of at least 4 members (excludes halogenated alkanes) is 2. The van der Waals surface area contributed by atoms with E-state index in [2.05, 4.69) is 40.5 Å². The highest BCUT2D eigenvalue weighted by Gasteiger charge is 2.37. The summed E-state index contributed by atoms with van der Waals surface area (Å²) in [5, 5.41) is 19.1. The molecule has 36 heavy (non-hydrogen) atoms. The van der Waals surface area contributed by atoms with Gasteiger partial charge in [0.15, 0.2) is 5.82 Å². The van der Waals surface area contributed by atoms with Crippen molar-refractivity contribution in [3.05, 3.63) is 59.9 Å². The van der Waals surface area contributed by atoms with E-state index < -0.39 is 5.79 Å². The van der Waals surface area contributed by atoms with Gasteiger partial charge in [-0.1, -0.05) is 57.0 Å². The smallest absolute Gasteiger partial charge is 0.231 e. The number of rotatable bonds is 13. The first-order valence-corrected chi connectivity index (χ1v) is 12.5. The molecule has 3 aromatic heterocycles. The molecule has 3 heterocycles. The van der Waals surface area contributed by atoms with Crippen LogP contribution in [0.5, 0.6) is 0 Å². The van der Waals surface area contributed by atoms with Crippen LogP contribution in [0, 0.1) is 0 Å². The largest absolute Gasteiger partial charge is 0.347 e. The minimum Gasteiger partial charge on any atom is -0.347 e. The summed E-state index contributed by atoms with van der Waals surface area (Å²) in [7, 11) is 3.30. The summed E-state index contributed by atoms with van der Waals surface area (Å²) in [4.78, 5) is 9.64. The molecule has 0 aliphatic heterocycles. The molecule has 0 atom stereocenters. The second kappa shape index (κ2) is 12.0. The molecule has 4 aromatic rings. The molecule has 10 heteroatoms. The van der Waals surface area contributed by atoms with Crippen LogP contribution in [-0.4, -0.2) is 54.6 Å². The Bertz CT molecular complexity index is 1220. The van der Waals surface area contributed by atoms with Gasteiger partial charge >= 0.3 is 0 Å². The van der Waals surface area contributed by atoms with Crippen molar-refractivity contribution in [2.75, 3.05) is 14.2 Å². The van der Waals surface area contributed by atoms with Crippen molar-refractivity contribution in [1.29, 1.82) is 0 Å². The number of ether oxygens (including phenoxy) is 2. The number of aryl methyl sites for hydroxylation is 1. The van der Waals surface area contributed by atoms with Crippen LogP contribution in [0.4, 0.5) is 0 Å². The lowest BCUT2D eigenvalue weighted by Crippen LogP contribution is -2.32. The van der Waals surface area contributed by atoms with Gasteiger partial charge in [0.05, 0.1) is 0 Å². The maximum absolute atomic E-state index is 5.81. The van der Waals surface area contributed by atoms with Crippen molar-refractivity contribution >= 4 is 0 Å². The number of hydrogen-bond donors (Lipinski definition) is 1. The first kappa shape index (κ1) is 25.6. The minimum atomic E-state index is -0.946. The Hall–Kier alpha value is -3.50. The fourth-order valence-electron chi connectivity index (χ4n) is 4.21. The number of aromatic amines is 1. The predicted octanol–water partition coefficient (Wildman–Crippen LogP) is 4.55. The highest BCUT2D eigenvalue weighted by Crippen LogP contribution is 2.31. The number of nitrogens with one attached hydrogen (secondary N) is 1. The molecule has 0 radical (unpaired) electrons. The standard InChI is InChI=1S/C26H34N8O2/c1-5-7-15-26(35-3,36-4)25-28-23(34(31-25)16-8-6-2)17-20-14-13-19(18-27-20)21-11-9-10-12-22(21)24-29-32-33-30-24/h9-14,18H,5-8,15-17H2,1-4H3,(H,29,30,32,33). The molecule has 10 nitrogen and oxygen atoms in total. The number of pyridine rings is 1. The van der Waals surface area contributed by atoms with Gasteiger partial charge in [0.25, 0.3) is 0 Å². The number of benzene rings is 1. The fourth-order valence-corrected chi connectivity index (χ4v) is 4.21. The Labute approximate surface area is 211 Å². The van der Waals surface area contributed by atoms with E-state index in [1.54, 1.807) is 14.2 Å². The molecule has 0 unspecified atom stereocenters. The maximum Gasteiger partial charge on any atom is 0.231 e. The maximum atomic E-state index is 5.81. The Morgan fingerprint density at radius 3 is 2.39 bits per heavy atom. The lowest BCUT2D eigenvalue weighted by Gasteiger charge is -2.27. The molecule has 0 saturated heterocycles. The van der Waals surface area contributed by atoms with Crippen molar-refractivity contribution in [1.82, 2.24) is 40.4 Å². The van der Waals surface area contributed by atoms with Gasteiger partial charge in [-0.2, -0.15) is 5.10 Å². The van der Waals surface area contributed by atoms with E-state index in [9.17, 15) is 0 Å². The van der Waals surface area contributed by atoms with Crippen LogP contribution in [0.25, 0.3) is 22.5 Å². The summed E-state index contributed by atoms with van der Waals surface area (Å²) >= 11 is 0. The summed E-state index contributed by atoms with van der Waals surface area (Å²) in [5.74, 6) is 1.09. The highest BCUT2D eigenvalue weighted by molar-refractivity contribution is 5.79. The number of methoxy groups -OCH3 is 2. The van der Waals surface area contributed by atoms with E-state index in [0.717, 1.165) is 60.4 Å². The fraction of sp³-hybridized carbons (Fsp3) is 0.462. The van der Waals surface area contributed by atoms with Crippen molar-refractivity contribution in [3.8, 4) is 22.5 Å². The van der Waals surface area contributed by atoms with Gasteiger partial charge in [-0.15, -0.1) is 5.10 Å². The quantitative estimate of drug-likeness (QED) is 0.271. The second-order valence-electron chi connectivity index (χ2n) is 8.70. The summed E-state index contributed by atoms with van der Waals surface area (Å²) in [6.07, 6.45) is 7.19. The molecular formula is C26H34N8O2. The lowest BCUT2D eigenvalue weighted by molar-refractivity contribution is -0.226. The zero-order valence-electron chi connectivity index (χ0n) is 21.4. The molecule has 4 rings (SSSR count). The normalized spacial score (nSPS) is 11.8. The minimum absolute atomic E-state index is 0.557. The summed E-state index contributed by atoms with van der Waals surface area (Å²) in [5.41, 5.74) is 3.81. The SMILES string of the molecule is CCCCn1nc(C(CCCC)(OC)OC)nc1Cc1ccc(-c2ccccc2-c2nnn[nH]2)cn1. The first-order valence-electron chi connectivity index (χ1n) is 12.5. The lowest BCUT2D eigenvalue weighted by atomic mass is 10.0. The average Bonchev–Trinajstić information content (AvgIpc) is 3.60. The predicted molar refractivity (Wildman–Crippen MR) is 136 cm³/mol. The van der Waals surface area contributed by atoms with Gasteiger partial charge in [-0.25, -0.2) is 14.8 Å². The van der Waals surface area contributed by atoms with Crippen molar-refractivity contribution in [3.63, 3.8) is 0 Å². The van der Waals surface area contributed by atoms with E-state index in [4.69, 9.17) is 24.5 Å². The van der Waals surface area contributed by atoms with Crippen molar-refractivity contribution < 1.29 is 9.47 Å². The molecule has 0 spiro atoms. The van der Waals surface area contributed by atoms with Crippen LogP contribution in [-0.2, 0) is 28.2 Å². The Morgan fingerprint density at radius 2 is 1.75 bits per heavy atom. The van der Waals surface area contributed by atoms with Gasteiger partial charge in [0.1, 0.15) is 5.82 Å². The number of H-pyrrole nitrogens is 1. The van der Waals surface area contributed by atoms with Gasteiger partial charge in [0.2, 0.25) is 11.6 Å². The molecule has 0 amide bonds. The van der Waals surface area contributed by atoms with E-state index in [1.165, 1.54) is 0 Å². The molecule has 190 valence electrons. The van der Waals surface area contributed by atoms with E-state index in [-0.39, 0.29) is 0 Å². The van der Waals surface area contributed by atoms with Crippen molar-refractivity contribution in [2.24, 2.45) is 0 Å². The molecule has 0 aliphatic rings. The number of aromatic nitrogens is 8. The summed E-state index contributed by atoms with van der Waals surface area (Å²) in [6.45, 7) is 5.10. The van der Waals surface area contributed by atoms with Crippen LogP contribution >= 0.6 is 0 Å². The molecule has 0 saturated carbocycles. The number of hydrogen-bond acceptors (Lipinski definition) is 8. The highest BCUT2D eigenvalue weighted by atomic mass is 16.7. The molecule has 1 aromatic carbocycles. The summed E-state index contributed by atoms with van der Waals surface area (Å²) in [6, 6.07) is 12.1. The third-order valence-electron chi connectivity index (χ3n) is 6.33. The monoisotopic (exact) mass is 490 g/mol. The van der Waals surface area contributed by atoms with Crippen LogP contribution < -0.4 is 0 Å². The molecular weight excluding hydrogens is 456 g/mol. The van der Waals surface area contributed by atoms with Gasteiger partial charge < -0.3 is 9.47 Å². The van der Waals surface area contributed by atoms with Gasteiger partial charge in [-0.3, -0.25) is 4.98 Å². The van der Waals surface area contributed by atoms with Crippen LogP contribution in [0.15, 0.2) is 42.6 Å².